The minimum absolute atomic E-state index is 0.0569. The van der Waals surface area contributed by atoms with Gasteiger partial charge in [0.25, 0.3) is 5.69 Å². The van der Waals surface area contributed by atoms with Gasteiger partial charge in [0.1, 0.15) is 5.82 Å². The van der Waals surface area contributed by atoms with Crippen LogP contribution in [0.25, 0.3) is 10.9 Å². The van der Waals surface area contributed by atoms with Gasteiger partial charge in [0.05, 0.1) is 10.4 Å². The van der Waals surface area contributed by atoms with Gasteiger partial charge in [0.15, 0.2) is 6.33 Å². The summed E-state index contributed by atoms with van der Waals surface area (Å²) in [6, 6.07) is 8.16. The number of non-ortho nitro benzene ring substituents is 1. The number of nitro benzene ring substituents is 1. The van der Waals surface area contributed by atoms with Crippen molar-refractivity contribution in [1.82, 2.24) is 15.1 Å². The maximum Gasteiger partial charge on any atom is 0.270 e. The first-order valence-electron chi connectivity index (χ1n) is 6.27. The Bertz CT molecular complexity index is 773. The van der Waals surface area contributed by atoms with Crippen molar-refractivity contribution in [3.63, 3.8) is 0 Å². The number of rotatable bonds is 5. The highest BCUT2D eigenvalue weighted by Gasteiger charge is 2.07. The zero-order valence-corrected chi connectivity index (χ0v) is 10.9. The molecule has 0 amide bonds. The van der Waals surface area contributed by atoms with Gasteiger partial charge in [0, 0.05) is 30.5 Å². The maximum absolute atomic E-state index is 10.7. The number of hydrogen-bond donors (Lipinski definition) is 1. The summed E-state index contributed by atoms with van der Waals surface area (Å²) in [5.41, 5.74) is 0.754. The van der Waals surface area contributed by atoms with Crippen LogP contribution in [0.5, 0.6) is 0 Å². The van der Waals surface area contributed by atoms with E-state index in [4.69, 9.17) is 4.52 Å². The number of nitro groups is 1. The molecule has 0 unspecified atom stereocenters. The van der Waals surface area contributed by atoms with Gasteiger partial charge in [0.2, 0.25) is 5.89 Å². The molecule has 8 nitrogen and oxygen atoms in total. The van der Waals surface area contributed by atoms with Crippen LogP contribution in [0.2, 0.25) is 0 Å². The summed E-state index contributed by atoms with van der Waals surface area (Å²) >= 11 is 0. The smallest absolute Gasteiger partial charge is 0.270 e. The van der Waals surface area contributed by atoms with Gasteiger partial charge in [-0.15, -0.1) is 0 Å². The van der Waals surface area contributed by atoms with Crippen molar-refractivity contribution in [3.05, 3.63) is 52.7 Å². The Morgan fingerprint density at radius 1 is 1.29 bits per heavy atom. The Kier molecular flexibility index (Phi) is 3.42. The molecule has 0 aliphatic carbocycles. The molecule has 0 fully saturated rings. The van der Waals surface area contributed by atoms with Crippen LogP contribution >= 0.6 is 0 Å². The van der Waals surface area contributed by atoms with Crippen LogP contribution in [-0.4, -0.2) is 26.6 Å². The predicted octanol–water partition coefficient (Wildman–Crippen LogP) is 2.18. The SMILES string of the molecule is O=[N+]([O-])c1ccc2nc(NCCc3ncno3)ccc2c1. The lowest BCUT2D eigenvalue weighted by Gasteiger charge is -2.05. The van der Waals surface area contributed by atoms with E-state index in [1.165, 1.54) is 18.5 Å². The molecule has 0 aliphatic heterocycles. The summed E-state index contributed by atoms with van der Waals surface area (Å²) in [5, 5.41) is 18.1. The number of aromatic nitrogens is 3. The van der Waals surface area contributed by atoms with E-state index in [1.807, 2.05) is 0 Å². The molecule has 106 valence electrons. The van der Waals surface area contributed by atoms with Gasteiger partial charge >= 0.3 is 0 Å². The molecule has 0 radical (unpaired) electrons. The highest BCUT2D eigenvalue weighted by atomic mass is 16.6. The summed E-state index contributed by atoms with van der Waals surface area (Å²) in [6.45, 7) is 0.605. The minimum Gasteiger partial charge on any atom is -0.370 e. The molecular formula is C13H11N5O3. The monoisotopic (exact) mass is 285 g/mol. The van der Waals surface area contributed by atoms with Crippen molar-refractivity contribution in [2.45, 2.75) is 6.42 Å². The third-order valence-corrected chi connectivity index (χ3v) is 2.94. The second-order valence-corrected chi connectivity index (χ2v) is 4.34. The van der Waals surface area contributed by atoms with Crippen LogP contribution in [0, 0.1) is 10.1 Å². The van der Waals surface area contributed by atoms with Gasteiger partial charge in [-0.3, -0.25) is 10.1 Å². The number of anilines is 1. The third-order valence-electron chi connectivity index (χ3n) is 2.94. The molecule has 0 spiro atoms. The molecule has 3 rings (SSSR count). The highest BCUT2D eigenvalue weighted by Crippen LogP contribution is 2.20. The quantitative estimate of drug-likeness (QED) is 0.565. The number of pyridine rings is 1. The van der Waals surface area contributed by atoms with Gasteiger partial charge in [-0.05, 0) is 18.2 Å². The number of benzene rings is 1. The number of nitrogens with zero attached hydrogens (tertiary/aromatic N) is 4. The molecular weight excluding hydrogens is 274 g/mol. The lowest BCUT2D eigenvalue weighted by Crippen LogP contribution is -2.06. The third kappa shape index (κ3) is 2.94. The molecule has 0 atom stereocenters. The molecule has 0 aliphatic rings. The van der Waals surface area contributed by atoms with E-state index >= 15 is 0 Å². The number of fused-ring (bicyclic) bond motifs is 1. The minimum atomic E-state index is -0.421. The Labute approximate surface area is 119 Å². The van der Waals surface area contributed by atoms with Crippen molar-refractivity contribution in [2.24, 2.45) is 0 Å². The van der Waals surface area contributed by atoms with Crippen LogP contribution in [0.1, 0.15) is 5.89 Å². The maximum atomic E-state index is 10.7. The van der Waals surface area contributed by atoms with Gasteiger partial charge in [-0.2, -0.15) is 4.98 Å². The first kappa shape index (κ1) is 13.0. The van der Waals surface area contributed by atoms with Gasteiger partial charge < -0.3 is 9.84 Å². The van der Waals surface area contributed by atoms with E-state index in [1.54, 1.807) is 18.2 Å². The summed E-state index contributed by atoms with van der Waals surface area (Å²) in [6.07, 6.45) is 1.95. The topological polar surface area (TPSA) is 107 Å². The number of hydrogen-bond acceptors (Lipinski definition) is 7. The van der Waals surface area contributed by atoms with Crippen molar-refractivity contribution < 1.29 is 9.45 Å². The Hall–Kier alpha value is -3.03. The van der Waals surface area contributed by atoms with E-state index in [9.17, 15) is 10.1 Å². The normalized spacial score (nSPS) is 10.7. The van der Waals surface area contributed by atoms with Crippen LogP contribution < -0.4 is 5.32 Å². The van der Waals surface area contributed by atoms with Crippen LogP contribution in [0.3, 0.4) is 0 Å². The fourth-order valence-electron chi connectivity index (χ4n) is 1.93. The van der Waals surface area contributed by atoms with Crippen LogP contribution in [0.4, 0.5) is 11.5 Å². The fraction of sp³-hybridized carbons (Fsp3) is 0.154. The molecule has 21 heavy (non-hydrogen) atoms. The predicted molar refractivity (Wildman–Crippen MR) is 74.9 cm³/mol. The van der Waals surface area contributed by atoms with Crippen molar-refractivity contribution in [1.29, 1.82) is 0 Å². The molecule has 3 aromatic rings. The largest absolute Gasteiger partial charge is 0.370 e. The first-order chi connectivity index (χ1) is 10.2. The van der Waals surface area contributed by atoms with Crippen LogP contribution in [-0.2, 0) is 6.42 Å². The van der Waals surface area contributed by atoms with Crippen molar-refractivity contribution in [2.75, 3.05) is 11.9 Å². The summed E-state index contributed by atoms with van der Waals surface area (Å²) in [5.74, 6) is 1.25. The Morgan fingerprint density at radius 2 is 2.19 bits per heavy atom. The average molecular weight is 285 g/mol. The summed E-state index contributed by atoms with van der Waals surface area (Å²) in [7, 11) is 0. The second-order valence-electron chi connectivity index (χ2n) is 4.34. The Balaban J connectivity index is 1.72. The van der Waals surface area contributed by atoms with E-state index in [2.05, 4.69) is 20.4 Å². The van der Waals surface area contributed by atoms with Crippen LogP contribution in [0.15, 0.2) is 41.2 Å². The zero-order valence-electron chi connectivity index (χ0n) is 10.9. The molecule has 0 saturated heterocycles. The van der Waals surface area contributed by atoms with Crippen molar-refractivity contribution >= 4 is 22.4 Å². The second kappa shape index (κ2) is 5.53. The summed E-state index contributed by atoms with van der Waals surface area (Å²) in [4.78, 5) is 18.6. The molecule has 8 heteroatoms. The van der Waals surface area contributed by atoms with E-state index in [0.29, 0.717) is 30.2 Å². The lowest BCUT2D eigenvalue weighted by atomic mass is 10.2. The van der Waals surface area contributed by atoms with Crippen molar-refractivity contribution in [3.8, 4) is 0 Å². The summed E-state index contributed by atoms with van der Waals surface area (Å²) < 4.78 is 4.89. The zero-order chi connectivity index (χ0) is 14.7. The Morgan fingerprint density at radius 3 is 2.95 bits per heavy atom. The first-order valence-corrected chi connectivity index (χ1v) is 6.27. The van der Waals surface area contributed by atoms with E-state index in [-0.39, 0.29) is 5.69 Å². The number of nitrogens with one attached hydrogen (secondary N) is 1. The molecule has 2 heterocycles. The molecule has 2 aromatic heterocycles. The van der Waals surface area contributed by atoms with Gasteiger partial charge in [-0.25, -0.2) is 4.98 Å². The molecule has 1 aromatic carbocycles. The molecule has 0 saturated carbocycles. The fourth-order valence-corrected chi connectivity index (χ4v) is 1.93. The van der Waals surface area contributed by atoms with Gasteiger partial charge in [-0.1, -0.05) is 5.16 Å². The molecule has 0 bridgehead atoms. The average Bonchev–Trinajstić information content (AvgIpc) is 3.00. The lowest BCUT2D eigenvalue weighted by molar-refractivity contribution is -0.384. The molecule has 1 N–H and O–H groups in total. The van der Waals surface area contributed by atoms with E-state index < -0.39 is 4.92 Å². The standard InChI is InChI=1S/C13H11N5O3/c19-18(20)10-2-3-11-9(7-10)1-4-12(17-11)14-6-5-13-15-8-16-21-13/h1-4,7-8H,5-6H2,(H,14,17). The highest BCUT2D eigenvalue weighted by molar-refractivity contribution is 5.82. The van der Waals surface area contributed by atoms with E-state index in [0.717, 1.165) is 5.39 Å².